The van der Waals surface area contributed by atoms with E-state index in [0.29, 0.717) is 24.0 Å². The van der Waals surface area contributed by atoms with Crippen molar-refractivity contribution in [2.75, 3.05) is 12.5 Å². The number of rotatable bonds is 4. The predicted octanol–water partition coefficient (Wildman–Crippen LogP) is 2.08. The third-order valence-corrected chi connectivity index (χ3v) is 6.28. The van der Waals surface area contributed by atoms with Crippen LogP contribution in [0, 0.1) is 10.8 Å². The minimum absolute atomic E-state index is 0.0503. The number of aliphatic hydroxyl groups is 1. The molecular formula is C19H23ClO6. The van der Waals surface area contributed by atoms with Gasteiger partial charge in [-0.15, -0.1) is 11.6 Å². The number of Topliss-reactive ketones (excluding diaryl/α,β-unsaturated/α-hetero) is 1. The number of ketones is 1. The molecule has 0 aliphatic heterocycles. The fraction of sp³-hybridized carbons (Fsp3) is 0.632. The monoisotopic (exact) mass is 382 g/mol. The molecule has 0 bridgehead atoms. The molecule has 3 aliphatic rings. The van der Waals surface area contributed by atoms with E-state index in [1.165, 1.54) is 6.92 Å². The van der Waals surface area contributed by atoms with Crippen LogP contribution >= 0.6 is 11.6 Å². The van der Waals surface area contributed by atoms with E-state index in [0.717, 1.165) is 5.57 Å². The molecule has 0 heterocycles. The topological polar surface area (TPSA) is 89.9 Å². The number of halogens is 1. The molecule has 0 aromatic rings. The van der Waals surface area contributed by atoms with Gasteiger partial charge in [-0.2, -0.15) is 0 Å². The van der Waals surface area contributed by atoms with Crippen molar-refractivity contribution in [2.24, 2.45) is 10.8 Å². The first-order valence-corrected chi connectivity index (χ1v) is 9.14. The summed E-state index contributed by atoms with van der Waals surface area (Å²) in [7, 11) is 0. The van der Waals surface area contributed by atoms with Crippen molar-refractivity contribution in [3.63, 3.8) is 0 Å². The van der Waals surface area contributed by atoms with Gasteiger partial charge in [0.25, 0.3) is 0 Å². The van der Waals surface area contributed by atoms with Crippen LogP contribution in [0.4, 0.5) is 0 Å². The zero-order valence-corrected chi connectivity index (χ0v) is 16.1. The van der Waals surface area contributed by atoms with Crippen molar-refractivity contribution >= 4 is 29.3 Å². The van der Waals surface area contributed by atoms with Crippen molar-refractivity contribution in [3.05, 3.63) is 22.8 Å². The molecule has 1 N–H and O–H groups in total. The highest BCUT2D eigenvalue weighted by atomic mass is 35.5. The second kappa shape index (κ2) is 5.92. The van der Waals surface area contributed by atoms with Gasteiger partial charge in [0.05, 0.1) is 5.41 Å². The largest absolute Gasteiger partial charge is 0.465 e. The van der Waals surface area contributed by atoms with E-state index in [9.17, 15) is 19.5 Å². The Balaban J connectivity index is 2.12. The molecule has 0 aromatic heterocycles. The molecule has 2 unspecified atom stereocenters. The Morgan fingerprint density at radius 1 is 1.35 bits per heavy atom. The Bertz CT molecular complexity index is 758. The molecule has 0 radical (unpaired) electrons. The fourth-order valence-corrected chi connectivity index (χ4v) is 4.42. The molecule has 3 rings (SSSR count). The molecule has 1 saturated carbocycles. The number of hydrogen-bond acceptors (Lipinski definition) is 6. The summed E-state index contributed by atoms with van der Waals surface area (Å²) >= 11 is 5.61. The summed E-state index contributed by atoms with van der Waals surface area (Å²) in [5, 5.41) is 10.9. The van der Waals surface area contributed by atoms with Crippen LogP contribution in [-0.4, -0.2) is 47.0 Å². The van der Waals surface area contributed by atoms with Crippen LogP contribution in [0.25, 0.3) is 0 Å². The molecule has 0 saturated heterocycles. The predicted molar refractivity (Wildman–Crippen MR) is 93.4 cm³/mol. The number of hydrogen-bond donors (Lipinski definition) is 1. The number of carbonyl (C=O) groups is 3. The fourth-order valence-electron chi connectivity index (χ4n) is 4.36. The summed E-state index contributed by atoms with van der Waals surface area (Å²) in [5.74, 6) is -1.78. The molecule has 7 heteroatoms. The number of ether oxygens (including phenoxy) is 2. The van der Waals surface area contributed by atoms with Crippen LogP contribution in [-0.2, 0) is 23.9 Å². The highest BCUT2D eigenvalue weighted by Crippen LogP contribution is 2.65. The van der Waals surface area contributed by atoms with E-state index in [2.05, 4.69) is 0 Å². The van der Waals surface area contributed by atoms with E-state index in [4.69, 9.17) is 21.1 Å². The van der Waals surface area contributed by atoms with Crippen LogP contribution in [0.3, 0.4) is 0 Å². The first-order chi connectivity index (χ1) is 12.0. The lowest BCUT2D eigenvalue weighted by Gasteiger charge is -2.40. The quantitative estimate of drug-likeness (QED) is 0.591. The maximum absolute atomic E-state index is 13.0. The lowest BCUT2D eigenvalue weighted by atomic mass is 9.67. The van der Waals surface area contributed by atoms with Crippen molar-refractivity contribution in [2.45, 2.75) is 52.2 Å². The Kier molecular flexibility index (Phi) is 4.36. The molecule has 6 nitrogen and oxygen atoms in total. The van der Waals surface area contributed by atoms with Gasteiger partial charge in [-0.1, -0.05) is 11.6 Å². The molecule has 3 atom stereocenters. The van der Waals surface area contributed by atoms with Crippen molar-refractivity contribution in [3.8, 4) is 0 Å². The normalized spacial score (nSPS) is 34.5. The lowest BCUT2D eigenvalue weighted by Crippen LogP contribution is -2.50. The van der Waals surface area contributed by atoms with E-state index in [1.807, 2.05) is 6.92 Å². The van der Waals surface area contributed by atoms with E-state index >= 15 is 0 Å². The zero-order valence-electron chi connectivity index (χ0n) is 15.3. The Morgan fingerprint density at radius 2 is 1.96 bits per heavy atom. The van der Waals surface area contributed by atoms with Gasteiger partial charge in [0, 0.05) is 23.5 Å². The molecule has 26 heavy (non-hydrogen) atoms. The lowest BCUT2D eigenvalue weighted by molar-refractivity contribution is -0.153. The summed E-state index contributed by atoms with van der Waals surface area (Å²) < 4.78 is 10.7. The molecule has 142 valence electrons. The average Bonchev–Trinajstić information content (AvgIpc) is 3.33. The van der Waals surface area contributed by atoms with Crippen LogP contribution in [0.2, 0.25) is 0 Å². The van der Waals surface area contributed by atoms with Gasteiger partial charge in [0.1, 0.15) is 24.2 Å². The van der Waals surface area contributed by atoms with E-state index < -0.39 is 34.5 Å². The molecular weight excluding hydrogens is 360 g/mol. The van der Waals surface area contributed by atoms with Crippen LogP contribution < -0.4 is 0 Å². The second-order valence-electron chi connectivity index (χ2n) is 7.87. The van der Waals surface area contributed by atoms with Gasteiger partial charge in [-0.25, -0.2) is 0 Å². The highest BCUT2D eigenvalue weighted by molar-refractivity contribution is 6.26. The van der Waals surface area contributed by atoms with Crippen LogP contribution in [0.15, 0.2) is 22.8 Å². The van der Waals surface area contributed by atoms with Crippen LogP contribution in [0.5, 0.6) is 0 Å². The SMILES string of the molecule is CC(=O)OCC1(C)C=C2C(=O)[C@](C)(O)C3(CC3)C(C)=C2C1OC(=O)CCl. The highest BCUT2D eigenvalue weighted by Gasteiger charge is 2.67. The van der Waals surface area contributed by atoms with Gasteiger partial charge < -0.3 is 14.6 Å². The smallest absolute Gasteiger partial charge is 0.321 e. The number of alkyl halides is 1. The third-order valence-electron chi connectivity index (χ3n) is 6.06. The van der Waals surface area contributed by atoms with Gasteiger partial charge in [-0.05, 0) is 33.6 Å². The maximum Gasteiger partial charge on any atom is 0.321 e. The number of fused-ring (bicyclic) bond motifs is 1. The minimum Gasteiger partial charge on any atom is -0.465 e. The summed E-state index contributed by atoms with van der Waals surface area (Å²) in [5.41, 5.74) is -1.22. The summed E-state index contributed by atoms with van der Waals surface area (Å²) in [6.45, 7) is 6.42. The Hall–Kier alpha value is -1.66. The molecule has 0 aromatic carbocycles. The van der Waals surface area contributed by atoms with Crippen LogP contribution in [0.1, 0.15) is 40.5 Å². The Labute approximate surface area is 157 Å². The molecule has 3 aliphatic carbocycles. The third kappa shape index (κ3) is 2.54. The van der Waals surface area contributed by atoms with Crippen molar-refractivity contribution in [1.29, 1.82) is 0 Å². The number of esters is 2. The first kappa shape index (κ1) is 19.1. The van der Waals surface area contributed by atoms with Crippen molar-refractivity contribution in [1.82, 2.24) is 0 Å². The number of carbonyl (C=O) groups excluding carboxylic acids is 3. The van der Waals surface area contributed by atoms with Gasteiger partial charge in [0.15, 0.2) is 5.78 Å². The van der Waals surface area contributed by atoms with E-state index in [1.54, 1.807) is 19.9 Å². The molecule has 1 spiro atoms. The molecule has 1 fully saturated rings. The second-order valence-corrected chi connectivity index (χ2v) is 8.14. The minimum atomic E-state index is -1.50. The maximum atomic E-state index is 13.0. The molecule has 0 amide bonds. The average molecular weight is 383 g/mol. The standard InChI is InChI=1S/C19H23ClO6/c1-10-14-12(15(23)18(4,24)19(10)5-6-19)7-17(3,9-25-11(2)21)16(14)26-13(22)8-20/h7,16,24H,5-6,8-9H2,1-4H3/t16?,17?,18-/m0/s1. The Morgan fingerprint density at radius 3 is 2.46 bits per heavy atom. The summed E-state index contributed by atoms with van der Waals surface area (Å²) in [6.07, 6.45) is 2.27. The first-order valence-electron chi connectivity index (χ1n) is 8.60. The van der Waals surface area contributed by atoms with Gasteiger partial charge in [0.2, 0.25) is 0 Å². The summed E-state index contributed by atoms with van der Waals surface area (Å²) in [4.78, 5) is 36.2. The van der Waals surface area contributed by atoms with Gasteiger partial charge in [-0.3, -0.25) is 14.4 Å². The van der Waals surface area contributed by atoms with Gasteiger partial charge >= 0.3 is 11.9 Å². The summed E-state index contributed by atoms with van der Waals surface area (Å²) in [6, 6.07) is 0. The zero-order chi connectivity index (χ0) is 19.5. The van der Waals surface area contributed by atoms with Crippen molar-refractivity contribution < 1.29 is 29.0 Å². The van der Waals surface area contributed by atoms with E-state index in [-0.39, 0.29) is 18.3 Å².